The Bertz CT molecular complexity index is 439. The van der Waals surface area contributed by atoms with E-state index in [2.05, 4.69) is 10.3 Å². The Morgan fingerprint density at radius 2 is 2.53 bits per heavy atom. The van der Waals surface area contributed by atoms with Gasteiger partial charge in [0.15, 0.2) is 0 Å². The number of morpholine rings is 1. The van der Waals surface area contributed by atoms with Gasteiger partial charge in [-0.15, -0.1) is 0 Å². The van der Waals surface area contributed by atoms with Crippen LogP contribution in [0.4, 0.5) is 4.79 Å². The van der Waals surface area contributed by atoms with Crippen LogP contribution in [0.2, 0.25) is 0 Å². The van der Waals surface area contributed by atoms with Crippen molar-refractivity contribution in [3.63, 3.8) is 0 Å². The number of nitrogens with one attached hydrogen (secondary N) is 1. The average Bonchev–Trinajstić information content (AvgIpc) is 2.45. The zero-order chi connectivity index (χ0) is 13.7. The summed E-state index contributed by atoms with van der Waals surface area (Å²) in [5, 5.41) is 2.88. The van der Waals surface area contributed by atoms with E-state index >= 15 is 0 Å². The van der Waals surface area contributed by atoms with Crippen molar-refractivity contribution >= 4 is 6.03 Å². The maximum Gasteiger partial charge on any atom is 0.317 e. The summed E-state index contributed by atoms with van der Waals surface area (Å²) in [6.45, 7) is 4.20. The number of hydrogen-bond acceptors (Lipinski definition) is 4. The van der Waals surface area contributed by atoms with Crippen molar-refractivity contribution in [1.29, 1.82) is 0 Å². The second-order valence-corrected chi connectivity index (χ2v) is 4.46. The van der Waals surface area contributed by atoms with Crippen LogP contribution < -0.4 is 10.1 Å². The molecule has 1 saturated heterocycles. The minimum absolute atomic E-state index is 0.0824. The Morgan fingerprint density at radius 1 is 1.68 bits per heavy atom. The molecule has 1 aliphatic rings. The van der Waals surface area contributed by atoms with Crippen molar-refractivity contribution in [3.8, 4) is 5.88 Å². The third-order valence-electron chi connectivity index (χ3n) is 3.00. The van der Waals surface area contributed by atoms with E-state index in [1.165, 1.54) is 0 Å². The molecule has 1 fully saturated rings. The Hall–Kier alpha value is -1.82. The molecule has 2 rings (SSSR count). The quantitative estimate of drug-likeness (QED) is 0.886. The maximum atomic E-state index is 12.0. The Labute approximate surface area is 112 Å². The third-order valence-corrected chi connectivity index (χ3v) is 3.00. The highest BCUT2D eigenvalue weighted by Crippen LogP contribution is 2.13. The summed E-state index contributed by atoms with van der Waals surface area (Å²) < 4.78 is 10.5. The molecule has 1 aromatic rings. The molecule has 2 amide bonds. The van der Waals surface area contributed by atoms with Gasteiger partial charge < -0.3 is 19.7 Å². The third kappa shape index (κ3) is 3.57. The van der Waals surface area contributed by atoms with Gasteiger partial charge >= 0.3 is 6.03 Å². The lowest BCUT2D eigenvalue weighted by Gasteiger charge is -2.31. The minimum Gasteiger partial charge on any atom is -0.481 e. The average molecular weight is 265 g/mol. The summed E-state index contributed by atoms with van der Waals surface area (Å²) in [5.41, 5.74) is 0.861. The zero-order valence-electron chi connectivity index (χ0n) is 11.3. The lowest BCUT2D eigenvalue weighted by molar-refractivity contribution is -0.00352. The smallest absolute Gasteiger partial charge is 0.317 e. The highest BCUT2D eigenvalue weighted by molar-refractivity contribution is 5.74. The Morgan fingerprint density at radius 3 is 3.26 bits per heavy atom. The van der Waals surface area contributed by atoms with E-state index in [1.54, 1.807) is 18.2 Å². The van der Waals surface area contributed by atoms with Crippen LogP contribution in [0.1, 0.15) is 12.5 Å². The van der Waals surface area contributed by atoms with Crippen LogP contribution in [0.25, 0.3) is 0 Å². The van der Waals surface area contributed by atoms with E-state index in [9.17, 15) is 4.79 Å². The molecule has 0 radical (unpaired) electrons. The van der Waals surface area contributed by atoms with Gasteiger partial charge in [-0.2, -0.15) is 0 Å². The molecular formula is C13H19N3O3. The molecule has 0 spiro atoms. The van der Waals surface area contributed by atoms with E-state index in [-0.39, 0.29) is 12.1 Å². The van der Waals surface area contributed by atoms with Gasteiger partial charge in [-0.3, -0.25) is 0 Å². The number of urea groups is 1. The van der Waals surface area contributed by atoms with Gasteiger partial charge in [0.25, 0.3) is 0 Å². The molecule has 0 aromatic carbocycles. The fourth-order valence-electron chi connectivity index (χ4n) is 2.03. The minimum atomic E-state index is -0.0824. The summed E-state index contributed by atoms with van der Waals surface area (Å²) in [6.07, 6.45) is 1.75. The standard InChI is InChI=1S/C13H19N3O3/c1-10-9-16(6-7-19-10)13(17)15-8-11-4-3-5-14-12(11)18-2/h3-5,10H,6-9H2,1-2H3,(H,15,17)/t10-/m0/s1. The van der Waals surface area contributed by atoms with Gasteiger partial charge in [0, 0.05) is 31.4 Å². The van der Waals surface area contributed by atoms with Crippen LogP contribution in [0, 0.1) is 0 Å². The number of aromatic nitrogens is 1. The molecule has 0 unspecified atom stereocenters. The lowest BCUT2D eigenvalue weighted by atomic mass is 10.2. The number of hydrogen-bond donors (Lipinski definition) is 1. The predicted octanol–water partition coefficient (Wildman–Crippen LogP) is 1.02. The van der Waals surface area contributed by atoms with Crippen LogP contribution in [-0.4, -0.2) is 48.8 Å². The second-order valence-electron chi connectivity index (χ2n) is 4.46. The molecule has 0 saturated carbocycles. The van der Waals surface area contributed by atoms with Crippen molar-refractivity contribution in [1.82, 2.24) is 15.2 Å². The van der Waals surface area contributed by atoms with E-state index < -0.39 is 0 Å². The van der Waals surface area contributed by atoms with E-state index in [4.69, 9.17) is 9.47 Å². The number of nitrogens with zero attached hydrogens (tertiary/aromatic N) is 2. The fraction of sp³-hybridized carbons (Fsp3) is 0.538. The number of carbonyl (C=O) groups excluding carboxylic acids is 1. The first-order valence-electron chi connectivity index (χ1n) is 6.33. The molecule has 19 heavy (non-hydrogen) atoms. The molecule has 0 aliphatic carbocycles. The van der Waals surface area contributed by atoms with Crippen LogP contribution in [0.15, 0.2) is 18.3 Å². The van der Waals surface area contributed by atoms with Crippen molar-refractivity contribution in [2.45, 2.75) is 19.6 Å². The molecule has 1 aliphatic heterocycles. The van der Waals surface area contributed by atoms with Gasteiger partial charge in [0.1, 0.15) is 0 Å². The number of carbonyl (C=O) groups is 1. The van der Waals surface area contributed by atoms with Gasteiger partial charge in [0.05, 0.1) is 19.8 Å². The van der Waals surface area contributed by atoms with Gasteiger partial charge in [-0.1, -0.05) is 6.07 Å². The van der Waals surface area contributed by atoms with E-state index in [1.807, 2.05) is 19.1 Å². The first-order valence-corrected chi connectivity index (χ1v) is 6.33. The van der Waals surface area contributed by atoms with E-state index in [0.717, 1.165) is 5.56 Å². The molecule has 2 heterocycles. The molecule has 1 aromatic heterocycles. The SMILES string of the molecule is COc1ncccc1CNC(=O)N1CCO[C@@H](C)C1. The Kier molecular flexibility index (Phi) is 4.57. The highest BCUT2D eigenvalue weighted by Gasteiger charge is 2.21. The molecular weight excluding hydrogens is 246 g/mol. The van der Waals surface area contributed by atoms with Crippen LogP contribution >= 0.6 is 0 Å². The van der Waals surface area contributed by atoms with Crippen LogP contribution in [0.5, 0.6) is 5.88 Å². The molecule has 6 heteroatoms. The Balaban J connectivity index is 1.89. The van der Waals surface area contributed by atoms with E-state index in [0.29, 0.717) is 32.1 Å². The number of ether oxygens (including phenoxy) is 2. The molecule has 0 bridgehead atoms. The number of pyridine rings is 1. The lowest BCUT2D eigenvalue weighted by Crippen LogP contribution is -2.48. The van der Waals surface area contributed by atoms with Crippen LogP contribution in [-0.2, 0) is 11.3 Å². The van der Waals surface area contributed by atoms with Gasteiger partial charge in [-0.05, 0) is 13.0 Å². The van der Waals surface area contributed by atoms with Crippen molar-refractivity contribution in [2.75, 3.05) is 26.8 Å². The molecule has 1 N–H and O–H groups in total. The number of methoxy groups -OCH3 is 1. The largest absolute Gasteiger partial charge is 0.481 e. The maximum absolute atomic E-state index is 12.0. The predicted molar refractivity (Wildman–Crippen MR) is 70.0 cm³/mol. The number of amides is 2. The summed E-state index contributed by atoms with van der Waals surface area (Å²) in [5.74, 6) is 0.540. The normalized spacial score (nSPS) is 19.1. The monoisotopic (exact) mass is 265 g/mol. The first kappa shape index (κ1) is 13.6. The van der Waals surface area contributed by atoms with Gasteiger partial charge in [-0.25, -0.2) is 9.78 Å². The van der Waals surface area contributed by atoms with Crippen molar-refractivity contribution in [2.24, 2.45) is 0 Å². The number of rotatable bonds is 3. The van der Waals surface area contributed by atoms with Gasteiger partial charge in [0.2, 0.25) is 5.88 Å². The molecule has 1 atom stereocenters. The summed E-state index contributed by atoms with van der Waals surface area (Å²) in [6, 6.07) is 3.62. The van der Waals surface area contributed by atoms with Crippen molar-refractivity contribution in [3.05, 3.63) is 23.9 Å². The molecule has 6 nitrogen and oxygen atoms in total. The second kappa shape index (κ2) is 6.38. The zero-order valence-corrected chi connectivity index (χ0v) is 11.3. The summed E-state index contributed by atoms with van der Waals surface area (Å²) in [4.78, 5) is 17.9. The molecule has 104 valence electrons. The summed E-state index contributed by atoms with van der Waals surface area (Å²) >= 11 is 0. The topological polar surface area (TPSA) is 63.7 Å². The van der Waals surface area contributed by atoms with Crippen LogP contribution in [0.3, 0.4) is 0 Å². The first-order chi connectivity index (χ1) is 9.20. The summed E-state index contributed by atoms with van der Waals surface area (Å²) in [7, 11) is 1.57. The fourth-order valence-corrected chi connectivity index (χ4v) is 2.03. The highest BCUT2D eigenvalue weighted by atomic mass is 16.5. The van der Waals surface area contributed by atoms with Crippen molar-refractivity contribution < 1.29 is 14.3 Å².